The van der Waals surface area contributed by atoms with Crippen LogP contribution in [-0.2, 0) is 9.53 Å². The molecule has 2 aliphatic heterocycles. The zero-order valence-electron chi connectivity index (χ0n) is 18.3. The van der Waals surface area contributed by atoms with Crippen LogP contribution in [0.2, 0.25) is 0 Å². The van der Waals surface area contributed by atoms with Crippen molar-refractivity contribution in [1.82, 2.24) is 4.90 Å². The molecule has 1 aromatic carbocycles. The monoisotopic (exact) mass is 418 g/mol. The van der Waals surface area contributed by atoms with Gasteiger partial charge in [-0.1, -0.05) is 59.7 Å². The number of para-hydroxylation sites is 1. The number of benzene rings is 1. The van der Waals surface area contributed by atoms with Crippen LogP contribution in [0.15, 0.2) is 30.3 Å². The third-order valence-electron chi connectivity index (χ3n) is 6.50. The molecule has 1 aromatic rings. The third kappa shape index (κ3) is 2.76. The minimum absolute atomic E-state index is 0.113. The van der Waals surface area contributed by atoms with Gasteiger partial charge in [0, 0.05) is 12.1 Å². The summed E-state index contributed by atoms with van der Waals surface area (Å²) in [7, 11) is 0. The smallest absolute Gasteiger partial charge is 0.415 e. The van der Waals surface area contributed by atoms with Gasteiger partial charge in [-0.05, 0) is 23.0 Å². The number of carbonyl (C=O) groups is 3. The lowest BCUT2D eigenvalue weighted by Gasteiger charge is -2.59. The molecule has 0 radical (unpaired) electrons. The lowest BCUT2D eigenvalue weighted by molar-refractivity contribution is -0.142. The van der Waals surface area contributed by atoms with E-state index in [4.69, 9.17) is 4.74 Å². The molecular formula is C22H30N2O6. The van der Waals surface area contributed by atoms with Crippen molar-refractivity contribution in [3.8, 4) is 0 Å². The van der Waals surface area contributed by atoms with Crippen molar-refractivity contribution in [3.05, 3.63) is 30.3 Å². The maximum atomic E-state index is 13.4. The Kier molecular flexibility index (Phi) is 4.84. The van der Waals surface area contributed by atoms with Crippen LogP contribution in [0.4, 0.5) is 15.3 Å². The number of carboxylic acids is 1. The lowest BCUT2D eigenvalue weighted by Crippen LogP contribution is -2.73. The summed E-state index contributed by atoms with van der Waals surface area (Å²) >= 11 is 0. The van der Waals surface area contributed by atoms with E-state index in [1.165, 1.54) is 0 Å². The van der Waals surface area contributed by atoms with Gasteiger partial charge in [-0.3, -0.25) is 9.80 Å². The van der Waals surface area contributed by atoms with Gasteiger partial charge in [-0.25, -0.2) is 14.4 Å². The highest BCUT2D eigenvalue weighted by Crippen LogP contribution is 2.63. The topological polar surface area (TPSA) is 107 Å². The fourth-order valence-corrected chi connectivity index (χ4v) is 6.30. The molecule has 2 saturated heterocycles. The van der Waals surface area contributed by atoms with Crippen LogP contribution < -0.4 is 4.90 Å². The quantitative estimate of drug-likeness (QED) is 0.750. The van der Waals surface area contributed by atoms with Gasteiger partial charge in [0.2, 0.25) is 0 Å². The Morgan fingerprint density at radius 2 is 1.57 bits per heavy atom. The SMILES string of the molecule is CC(C)(C)C1(C(C)(C)C)N(c2ccccc2)C(=O)O[C@]12C[C@@H](C(=O)O)N(C(=O)O)C2. The zero-order valence-corrected chi connectivity index (χ0v) is 18.3. The standard InChI is InChI=1S/C22H30N2O6/c1-19(2,3)22(20(4,5)6)21(12-15(16(25)26)23(13-21)17(27)28)30-18(29)24(22)14-10-8-7-9-11-14/h7-11,15H,12-13H2,1-6H3,(H,25,26)(H,27,28)/t15-,21-/m0/s1. The maximum absolute atomic E-state index is 13.4. The number of likely N-dealkylation sites (tertiary alicyclic amines) is 1. The molecule has 0 unspecified atom stereocenters. The molecular weight excluding hydrogens is 388 g/mol. The van der Waals surface area contributed by atoms with E-state index >= 15 is 0 Å². The molecule has 0 aromatic heterocycles. The van der Waals surface area contributed by atoms with Crippen molar-refractivity contribution >= 4 is 23.8 Å². The summed E-state index contributed by atoms with van der Waals surface area (Å²) in [6.07, 6.45) is -2.05. The molecule has 2 N–H and O–H groups in total. The Morgan fingerprint density at radius 3 is 1.97 bits per heavy atom. The Bertz CT molecular complexity index is 832. The van der Waals surface area contributed by atoms with Gasteiger partial charge in [-0.15, -0.1) is 0 Å². The summed E-state index contributed by atoms with van der Waals surface area (Å²) in [5, 5.41) is 19.5. The average molecular weight is 418 g/mol. The molecule has 2 fully saturated rings. The minimum atomic E-state index is -1.34. The predicted octanol–water partition coefficient (Wildman–Crippen LogP) is 4.05. The number of carboxylic acid groups (broad SMARTS) is 2. The van der Waals surface area contributed by atoms with E-state index in [1.807, 2.05) is 71.9 Å². The van der Waals surface area contributed by atoms with E-state index in [2.05, 4.69) is 0 Å². The highest BCUT2D eigenvalue weighted by atomic mass is 16.6. The third-order valence-corrected chi connectivity index (χ3v) is 6.50. The Morgan fingerprint density at radius 1 is 1.03 bits per heavy atom. The van der Waals surface area contributed by atoms with Crippen LogP contribution in [0.1, 0.15) is 48.0 Å². The fraction of sp³-hybridized carbons (Fsp3) is 0.591. The van der Waals surface area contributed by atoms with E-state index in [0.29, 0.717) is 5.69 Å². The van der Waals surface area contributed by atoms with Gasteiger partial charge in [-0.2, -0.15) is 0 Å². The van der Waals surface area contributed by atoms with E-state index in [-0.39, 0.29) is 13.0 Å². The molecule has 30 heavy (non-hydrogen) atoms. The van der Waals surface area contributed by atoms with Crippen LogP contribution in [0, 0.1) is 10.8 Å². The molecule has 0 bridgehead atoms. The molecule has 2 amide bonds. The molecule has 8 nitrogen and oxygen atoms in total. The van der Waals surface area contributed by atoms with E-state index in [9.17, 15) is 24.6 Å². The van der Waals surface area contributed by atoms with E-state index in [0.717, 1.165) is 4.90 Å². The summed E-state index contributed by atoms with van der Waals surface area (Å²) in [6.45, 7) is 11.7. The summed E-state index contributed by atoms with van der Waals surface area (Å²) in [5.41, 5.74) is -2.93. The second kappa shape index (κ2) is 6.62. The number of hydrogen-bond donors (Lipinski definition) is 2. The number of amides is 2. The van der Waals surface area contributed by atoms with Gasteiger partial charge >= 0.3 is 18.2 Å². The maximum Gasteiger partial charge on any atom is 0.415 e. The molecule has 0 aliphatic carbocycles. The fourth-order valence-electron chi connectivity index (χ4n) is 6.30. The predicted molar refractivity (Wildman–Crippen MR) is 111 cm³/mol. The first-order chi connectivity index (χ1) is 13.7. The number of carbonyl (C=O) groups excluding carboxylic acids is 1. The molecule has 2 aliphatic rings. The molecule has 3 rings (SSSR count). The molecule has 8 heteroatoms. The van der Waals surface area contributed by atoms with Gasteiger partial charge in [0.15, 0.2) is 5.60 Å². The first kappa shape index (κ1) is 21.9. The normalized spacial score (nSPS) is 26.2. The van der Waals surface area contributed by atoms with Crippen molar-refractivity contribution in [1.29, 1.82) is 0 Å². The van der Waals surface area contributed by atoms with Crippen molar-refractivity contribution < 1.29 is 29.3 Å². The van der Waals surface area contributed by atoms with Gasteiger partial charge < -0.3 is 14.9 Å². The lowest BCUT2D eigenvalue weighted by atomic mass is 9.51. The number of ether oxygens (including phenoxy) is 1. The second-order valence-electron chi connectivity index (χ2n) is 10.2. The second-order valence-corrected chi connectivity index (χ2v) is 10.2. The Balaban J connectivity index is 2.35. The molecule has 0 saturated carbocycles. The molecule has 164 valence electrons. The first-order valence-corrected chi connectivity index (χ1v) is 10.0. The van der Waals surface area contributed by atoms with E-state index < -0.39 is 46.2 Å². The van der Waals surface area contributed by atoms with Crippen molar-refractivity contribution in [2.24, 2.45) is 10.8 Å². The van der Waals surface area contributed by atoms with Crippen LogP contribution in [0.3, 0.4) is 0 Å². The number of hydrogen-bond acceptors (Lipinski definition) is 4. The van der Waals surface area contributed by atoms with Crippen molar-refractivity contribution in [2.45, 2.75) is 65.1 Å². The molecule has 2 heterocycles. The number of anilines is 1. The summed E-state index contributed by atoms with van der Waals surface area (Å²) < 4.78 is 6.03. The number of rotatable bonds is 2. The summed E-state index contributed by atoms with van der Waals surface area (Å²) in [4.78, 5) is 39.7. The van der Waals surface area contributed by atoms with Crippen LogP contribution in [-0.4, -0.2) is 57.0 Å². The molecule has 1 spiro atoms. The summed E-state index contributed by atoms with van der Waals surface area (Å²) in [6, 6.07) is 7.81. The van der Waals surface area contributed by atoms with Crippen molar-refractivity contribution in [3.63, 3.8) is 0 Å². The van der Waals surface area contributed by atoms with Gasteiger partial charge in [0.25, 0.3) is 0 Å². The van der Waals surface area contributed by atoms with Crippen LogP contribution in [0.5, 0.6) is 0 Å². The number of nitrogens with zero attached hydrogens (tertiary/aromatic N) is 2. The zero-order chi connectivity index (χ0) is 22.7. The van der Waals surface area contributed by atoms with E-state index in [1.54, 1.807) is 4.90 Å². The van der Waals surface area contributed by atoms with Crippen LogP contribution in [0.25, 0.3) is 0 Å². The summed E-state index contributed by atoms with van der Waals surface area (Å²) in [5.74, 6) is -1.25. The van der Waals surface area contributed by atoms with Crippen LogP contribution >= 0.6 is 0 Å². The molecule has 2 atom stereocenters. The van der Waals surface area contributed by atoms with Crippen molar-refractivity contribution in [2.75, 3.05) is 11.4 Å². The largest absolute Gasteiger partial charge is 0.480 e. The minimum Gasteiger partial charge on any atom is -0.480 e. The Labute approximate surface area is 176 Å². The number of aliphatic carboxylic acids is 1. The Hall–Kier alpha value is -2.77. The van der Waals surface area contributed by atoms with Gasteiger partial charge in [0.05, 0.1) is 6.54 Å². The highest BCUT2D eigenvalue weighted by Gasteiger charge is 2.77. The highest BCUT2D eigenvalue weighted by molar-refractivity contribution is 5.94. The first-order valence-electron chi connectivity index (χ1n) is 10.0. The van der Waals surface area contributed by atoms with Gasteiger partial charge in [0.1, 0.15) is 11.6 Å². The average Bonchev–Trinajstić information content (AvgIpc) is 3.11.